The Labute approximate surface area is 94.9 Å². The van der Waals surface area contributed by atoms with Crippen LogP contribution in [0.4, 0.5) is 4.79 Å². The summed E-state index contributed by atoms with van der Waals surface area (Å²) in [5.41, 5.74) is 0.316. The van der Waals surface area contributed by atoms with E-state index in [-0.39, 0.29) is 12.6 Å². The molecule has 2 rings (SSSR count). The normalized spacial score (nSPS) is 19.4. The highest BCUT2D eigenvalue weighted by molar-refractivity contribution is 5.77. The zero-order chi connectivity index (χ0) is 11.6. The van der Waals surface area contributed by atoms with E-state index in [2.05, 4.69) is 5.32 Å². The molecule has 1 aliphatic rings. The predicted molar refractivity (Wildman–Crippen MR) is 61.0 cm³/mol. The summed E-state index contributed by atoms with van der Waals surface area (Å²) in [7, 11) is 0. The molecular formula is C12H16N2O2. The highest BCUT2D eigenvalue weighted by Crippen LogP contribution is 2.28. The number of benzene rings is 1. The molecule has 4 heteroatoms. The number of carbonyl (C=O) groups is 1. The van der Waals surface area contributed by atoms with E-state index in [1.165, 1.54) is 0 Å². The minimum absolute atomic E-state index is 0.0789. The van der Waals surface area contributed by atoms with Crippen molar-refractivity contribution in [3.05, 3.63) is 35.9 Å². The number of hydrogen-bond donors (Lipinski definition) is 2. The Morgan fingerprint density at radius 1 is 1.44 bits per heavy atom. The molecule has 1 fully saturated rings. The van der Waals surface area contributed by atoms with Crippen LogP contribution in [0.3, 0.4) is 0 Å². The van der Waals surface area contributed by atoms with Gasteiger partial charge in [-0.1, -0.05) is 30.3 Å². The number of hydrogen-bond acceptors (Lipinski definition) is 2. The Morgan fingerprint density at radius 2 is 2.12 bits per heavy atom. The van der Waals surface area contributed by atoms with Gasteiger partial charge in [-0.05, 0) is 12.5 Å². The molecule has 1 aliphatic heterocycles. The maximum atomic E-state index is 11.7. The average molecular weight is 220 g/mol. The van der Waals surface area contributed by atoms with Gasteiger partial charge in [0.15, 0.2) is 0 Å². The van der Waals surface area contributed by atoms with Crippen LogP contribution < -0.4 is 5.32 Å². The Bertz CT molecular complexity index is 380. The van der Waals surface area contributed by atoms with E-state index in [1.807, 2.05) is 37.3 Å². The van der Waals surface area contributed by atoms with Gasteiger partial charge in [-0.25, -0.2) is 4.79 Å². The fraction of sp³-hybridized carbons (Fsp3) is 0.417. The molecule has 1 heterocycles. The number of urea groups is 1. The SMILES string of the molecule is CC(CO)(c1ccccc1)N1CCNC1=O. The lowest BCUT2D eigenvalue weighted by Crippen LogP contribution is -2.48. The first-order chi connectivity index (χ1) is 7.68. The number of nitrogens with zero attached hydrogens (tertiary/aromatic N) is 1. The number of nitrogens with one attached hydrogen (secondary N) is 1. The summed E-state index contributed by atoms with van der Waals surface area (Å²) in [4.78, 5) is 13.3. The second kappa shape index (κ2) is 4.14. The summed E-state index contributed by atoms with van der Waals surface area (Å²) in [6.07, 6.45) is 0. The largest absolute Gasteiger partial charge is 0.394 e. The van der Waals surface area contributed by atoms with Crippen LogP contribution in [0.15, 0.2) is 30.3 Å². The third-order valence-corrected chi connectivity index (χ3v) is 3.16. The van der Waals surface area contributed by atoms with Gasteiger partial charge in [0, 0.05) is 13.1 Å². The lowest BCUT2D eigenvalue weighted by atomic mass is 9.91. The van der Waals surface area contributed by atoms with E-state index in [0.717, 1.165) is 5.56 Å². The second-order valence-corrected chi connectivity index (χ2v) is 4.18. The molecule has 1 aromatic carbocycles. The van der Waals surface area contributed by atoms with Crippen LogP contribution in [0.2, 0.25) is 0 Å². The molecule has 0 aliphatic carbocycles. The Hall–Kier alpha value is -1.55. The van der Waals surface area contributed by atoms with Gasteiger partial charge >= 0.3 is 6.03 Å². The molecular weight excluding hydrogens is 204 g/mol. The van der Waals surface area contributed by atoms with Crippen molar-refractivity contribution in [2.45, 2.75) is 12.5 Å². The van der Waals surface area contributed by atoms with Gasteiger partial charge in [0.25, 0.3) is 0 Å². The quantitative estimate of drug-likeness (QED) is 0.796. The van der Waals surface area contributed by atoms with E-state index >= 15 is 0 Å². The molecule has 0 radical (unpaired) electrons. The van der Waals surface area contributed by atoms with Gasteiger partial charge in [0.05, 0.1) is 12.1 Å². The Balaban J connectivity index is 2.35. The number of aliphatic hydroxyl groups excluding tert-OH is 1. The Morgan fingerprint density at radius 3 is 2.62 bits per heavy atom. The third-order valence-electron chi connectivity index (χ3n) is 3.16. The lowest BCUT2D eigenvalue weighted by molar-refractivity contribution is 0.0816. The van der Waals surface area contributed by atoms with E-state index < -0.39 is 5.54 Å². The fourth-order valence-corrected chi connectivity index (χ4v) is 2.07. The smallest absolute Gasteiger partial charge is 0.318 e. The molecule has 0 spiro atoms. The average Bonchev–Trinajstić information content (AvgIpc) is 2.76. The maximum Gasteiger partial charge on any atom is 0.318 e. The van der Waals surface area contributed by atoms with Crippen LogP contribution in [0.5, 0.6) is 0 Å². The van der Waals surface area contributed by atoms with E-state index in [4.69, 9.17) is 0 Å². The maximum absolute atomic E-state index is 11.7. The van der Waals surface area contributed by atoms with Crippen LogP contribution in [0.25, 0.3) is 0 Å². The van der Waals surface area contributed by atoms with Gasteiger partial charge in [0.2, 0.25) is 0 Å². The molecule has 4 nitrogen and oxygen atoms in total. The van der Waals surface area contributed by atoms with E-state index in [9.17, 15) is 9.90 Å². The molecule has 0 aromatic heterocycles. The number of aliphatic hydroxyl groups is 1. The molecule has 0 saturated carbocycles. The monoisotopic (exact) mass is 220 g/mol. The highest BCUT2D eigenvalue weighted by Gasteiger charge is 2.38. The summed E-state index contributed by atoms with van der Waals surface area (Å²) in [6.45, 7) is 3.07. The minimum Gasteiger partial charge on any atom is -0.394 e. The summed E-state index contributed by atoms with van der Waals surface area (Å²) in [5.74, 6) is 0. The first-order valence-corrected chi connectivity index (χ1v) is 5.40. The zero-order valence-electron chi connectivity index (χ0n) is 9.31. The summed E-state index contributed by atoms with van der Waals surface area (Å²) in [6, 6.07) is 9.50. The first-order valence-electron chi connectivity index (χ1n) is 5.40. The first kappa shape index (κ1) is 11.0. The summed E-state index contributed by atoms with van der Waals surface area (Å²) in [5, 5.41) is 12.4. The van der Waals surface area contributed by atoms with Crippen LogP contribution >= 0.6 is 0 Å². The van der Waals surface area contributed by atoms with Gasteiger partial charge in [-0.15, -0.1) is 0 Å². The molecule has 2 N–H and O–H groups in total. The molecule has 86 valence electrons. The fourth-order valence-electron chi connectivity index (χ4n) is 2.07. The molecule has 0 bridgehead atoms. The van der Waals surface area contributed by atoms with Crippen LogP contribution in [0.1, 0.15) is 12.5 Å². The molecule has 2 amide bonds. The topological polar surface area (TPSA) is 52.6 Å². The van der Waals surface area contributed by atoms with Gasteiger partial charge < -0.3 is 15.3 Å². The van der Waals surface area contributed by atoms with Crippen molar-refractivity contribution in [2.24, 2.45) is 0 Å². The molecule has 16 heavy (non-hydrogen) atoms. The van der Waals surface area contributed by atoms with Crippen molar-refractivity contribution in [1.29, 1.82) is 0 Å². The lowest BCUT2D eigenvalue weighted by Gasteiger charge is -2.36. The van der Waals surface area contributed by atoms with Crippen molar-refractivity contribution < 1.29 is 9.90 Å². The number of carbonyl (C=O) groups excluding carboxylic acids is 1. The predicted octanol–water partition coefficient (Wildman–Crippen LogP) is 0.919. The van der Waals surface area contributed by atoms with E-state index in [1.54, 1.807) is 4.90 Å². The summed E-state index contributed by atoms with van der Waals surface area (Å²) >= 11 is 0. The van der Waals surface area contributed by atoms with Crippen LogP contribution in [-0.4, -0.2) is 35.7 Å². The molecule has 1 atom stereocenters. The zero-order valence-corrected chi connectivity index (χ0v) is 9.31. The van der Waals surface area contributed by atoms with Gasteiger partial charge in [-0.3, -0.25) is 0 Å². The minimum atomic E-state index is -0.637. The van der Waals surface area contributed by atoms with E-state index in [0.29, 0.717) is 13.1 Å². The van der Waals surface area contributed by atoms with Crippen molar-refractivity contribution in [3.63, 3.8) is 0 Å². The Kier molecular flexibility index (Phi) is 2.83. The molecule has 1 saturated heterocycles. The van der Waals surface area contributed by atoms with Crippen LogP contribution in [-0.2, 0) is 5.54 Å². The van der Waals surface area contributed by atoms with Crippen molar-refractivity contribution in [1.82, 2.24) is 10.2 Å². The number of amides is 2. The van der Waals surface area contributed by atoms with Gasteiger partial charge in [-0.2, -0.15) is 0 Å². The van der Waals surface area contributed by atoms with Crippen LogP contribution in [0, 0.1) is 0 Å². The third kappa shape index (κ3) is 1.65. The number of rotatable bonds is 3. The second-order valence-electron chi connectivity index (χ2n) is 4.18. The van der Waals surface area contributed by atoms with Crippen molar-refractivity contribution in [2.75, 3.05) is 19.7 Å². The standard InChI is InChI=1S/C12H16N2O2/c1-12(9-15,10-5-3-2-4-6-10)14-8-7-13-11(14)16/h2-6,15H,7-9H2,1H3,(H,13,16). The highest BCUT2D eigenvalue weighted by atomic mass is 16.3. The van der Waals surface area contributed by atoms with Crippen molar-refractivity contribution >= 4 is 6.03 Å². The van der Waals surface area contributed by atoms with Gasteiger partial charge in [0.1, 0.15) is 0 Å². The van der Waals surface area contributed by atoms with Crippen molar-refractivity contribution in [3.8, 4) is 0 Å². The molecule has 1 unspecified atom stereocenters. The summed E-state index contributed by atoms with van der Waals surface area (Å²) < 4.78 is 0. The molecule has 1 aromatic rings.